The number of benzene rings is 15. The molecule has 15 aromatic carbocycles. The summed E-state index contributed by atoms with van der Waals surface area (Å²) in [4.78, 5) is 0. The summed E-state index contributed by atoms with van der Waals surface area (Å²) in [6.07, 6.45) is 15.0. The molecule has 0 N–H and O–H groups in total. The summed E-state index contributed by atoms with van der Waals surface area (Å²) in [7, 11) is 10.5. The highest BCUT2D eigenvalue weighted by Crippen LogP contribution is 2.51. The number of rotatable bonds is 11. The van der Waals surface area contributed by atoms with E-state index in [2.05, 4.69) is 579 Å². The van der Waals surface area contributed by atoms with Crippen LogP contribution in [0.5, 0.6) is 0 Å². The lowest BCUT2D eigenvalue weighted by molar-refractivity contribution is -0.660. The minimum atomic E-state index is 0.271. The quantitative estimate of drug-likeness (QED) is 0.116. The van der Waals surface area contributed by atoms with Gasteiger partial charge in [0.15, 0.2) is 31.0 Å². The van der Waals surface area contributed by atoms with Crippen LogP contribution in [0.15, 0.2) is 456 Å². The number of fused-ring (bicyclic) bond motifs is 15. The van der Waals surface area contributed by atoms with Crippen LogP contribution in [0.2, 0.25) is 0 Å². The molecule has 1 aliphatic rings. The normalized spacial score (nSPS) is 11.7. The number of pyridine rings is 5. The van der Waals surface area contributed by atoms with E-state index in [0.717, 1.165) is 0 Å². The van der Waals surface area contributed by atoms with Crippen molar-refractivity contribution in [2.75, 3.05) is 0 Å². The standard InChI is InChI=1S/C27H23N2.C26H22N.3C25H21N2/c1-20-14-15-21(19-24(20)25-11-7-8-17-28(25)2)16-18-29-26-12-5-3-9-22(26)23-10-4-6-13-27(23)29;1-18-10-9-15-23(25(18)24-16-7-8-17-27(24)2)26-21-13-5-3-11-19(21)20-12-4-6-14-22(20)26;1-18-17-19(14-15-20(18)23-11-7-8-16-26(23)2)27-24-12-5-3-9-21(24)22-10-4-6-13-25(22)27;1-18-10-3-4-11-19(18)25-24(16-9-17-26(25)2)27-22-14-7-5-12-20(22)21-13-6-8-15-23(21)27;1-18-9-3-4-10-20(18)25-17-19(15-16-26(25)2)27-23-13-7-5-11-21(23)22-12-6-8-14-24(22)27/h3-19H,1-2H3;3-17,26H,1-2H3;3*3-17H,1-2H3/q5*+1/b18-16+;;;;. The fourth-order valence-corrected chi connectivity index (χ4v) is 20.9. The van der Waals surface area contributed by atoms with Crippen LogP contribution in [0.3, 0.4) is 0 Å². The van der Waals surface area contributed by atoms with Gasteiger partial charge < -0.3 is 18.3 Å². The van der Waals surface area contributed by atoms with E-state index in [1.165, 1.54) is 222 Å². The Morgan fingerprint density at radius 2 is 0.577 bits per heavy atom. The van der Waals surface area contributed by atoms with Crippen LogP contribution >= 0.6 is 0 Å². The molecule has 0 amide bonds. The lowest BCUT2D eigenvalue weighted by atomic mass is 9.84. The van der Waals surface area contributed by atoms with Gasteiger partial charge in [0.25, 0.3) is 0 Å². The summed E-state index contributed by atoms with van der Waals surface area (Å²) in [5.74, 6) is 0.271. The van der Waals surface area contributed by atoms with Gasteiger partial charge in [0.05, 0.1) is 60.9 Å². The number of para-hydroxylation sites is 8. The van der Waals surface area contributed by atoms with Gasteiger partial charge in [-0.15, -0.1) is 0 Å². The Morgan fingerprint density at radius 3 is 1.05 bits per heavy atom. The highest BCUT2D eigenvalue weighted by Gasteiger charge is 2.34. The molecule has 0 fully saturated rings. The Morgan fingerprint density at radius 1 is 0.219 bits per heavy atom. The van der Waals surface area contributed by atoms with E-state index in [-0.39, 0.29) is 5.92 Å². The molecule has 9 heterocycles. The number of aromatic nitrogens is 9. The highest BCUT2D eigenvalue weighted by atomic mass is 15.0. The Labute approximate surface area is 801 Å². The van der Waals surface area contributed by atoms with Gasteiger partial charge in [0.2, 0.25) is 28.5 Å². The first-order chi connectivity index (χ1) is 67.2. The number of hydrogen-bond donors (Lipinski definition) is 0. The summed E-state index contributed by atoms with van der Waals surface area (Å²) in [5.41, 5.74) is 40.6. The third kappa shape index (κ3) is 16.3. The van der Waals surface area contributed by atoms with E-state index >= 15 is 0 Å². The molecule has 0 unspecified atom stereocenters. The molecule has 0 spiro atoms. The Balaban J connectivity index is 0.000000102. The van der Waals surface area contributed by atoms with Crippen LogP contribution in [0.1, 0.15) is 56.0 Å². The molecule has 0 bridgehead atoms. The maximum Gasteiger partial charge on any atom is 0.236 e. The van der Waals surface area contributed by atoms with Crippen molar-refractivity contribution in [1.29, 1.82) is 0 Å². The zero-order valence-electron chi connectivity index (χ0n) is 79.1. The van der Waals surface area contributed by atoms with E-state index in [1.54, 1.807) is 0 Å². The fraction of sp³-hybridized carbons (Fsp3) is 0.0859. The maximum atomic E-state index is 2.40. The molecule has 9 aromatic heterocycles. The van der Waals surface area contributed by atoms with Crippen LogP contribution in [-0.4, -0.2) is 18.3 Å². The third-order valence-corrected chi connectivity index (χ3v) is 27.5. The zero-order valence-corrected chi connectivity index (χ0v) is 79.1. The molecule has 0 radical (unpaired) electrons. The summed E-state index contributed by atoms with van der Waals surface area (Å²) >= 11 is 0. The van der Waals surface area contributed by atoms with Gasteiger partial charge in [-0.25, -0.2) is 18.3 Å². The lowest BCUT2D eigenvalue weighted by Crippen LogP contribution is -2.32. The fourth-order valence-electron chi connectivity index (χ4n) is 20.9. The SMILES string of the molecule is Cc1cc(-n2c3ccccc3c3ccccc32)ccc1-c1cccc[n+]1C.Cc1ccc(/C=C/n2c3ccccc3c3ccccc32)cc1-c1cccc[n+]1C.Cc1cccc(C2c3ccccc3-c3ccccc32)c1-c1cccc[n+]1C.Cc1ccccc1-c1c(-n2c3ccccc3c3ccccc32)ccc[n+]1C.Cc1ccccc1-c1cc(-n2c3ccccc3c3ccccc32)cc[n+]1C. The topological polar surface area (TPSA) is 39.1 Å². The van der Waals surface area contributed by atoms with Gasteiger partial charge >= 0.3 is 0 Å². The van der Waals surface area contributed by atoms with Gasteiger partial charge in [-0.05, 0) is 211 Å². The predicted molar refractivity (Wildman–Crippen MR) is 569 cm³/mol. The second-order valence-corrected chi connectivity index (χ2v) is 36.0. The van der Waals surface area contributed by atoms with Gasteiger partial charge in [-0.3, -0.25) is 0 Å². The monoisotopic (exact) mass is 1770 g/mol. The molecule has 9 nitrogen and oxygen atoms in total. The van der Waals surface area contributed by atoms with Crippen LogP contribution < -0.4 is 22.8 Å². The minimum absolute atomic E-state index is 0.271. The number of aryl methyl sites for hydroxylation is 10. The van der Waals surface area contributed by atoms with E-state index in [1.807, 2.05) is 0 Å². The van der Waals surface area contributed by atoms with E-state index in [9.17, 15) is 0 Å². The second kappa shape index (κ2) is 37.6. The molecule has 0 saturated carbocycles. The predicted octanol–water partition coefficient (Wildman–Crippen LogP) is 28.6. The van der Waals surface area contributed by atoms with Crippen molar-refractivity contribution in [3.63, 3.8) is 0 Å². The van der Waals surface area contributed by atoms with Gasteiger partial charge in [0, 0.05) is 132 Å². The van der Waals surface area contributed by atoms with E-state index in [4.69, 9.17) is 0 Å². The van der Waals surface area contributed by atoms with Gasteiger partial charge in [-0.2, -0.15) is 4.57 Å². The minimum Gasteiger partial charge on any atom is -0.316 e. The molecule has 0 aliphatic heterocycles. The molecule has 137 heavy (non-hydrogen) atoms. The second-order valence-electron chi connectivity index (χ2n) is 36.0. The van der Waals surface area contributed by atoms with Crippen LogP contribution in [0.4, 0.5) is 0 Å². The van der Waals surface area contributed by atoms with Crippen molar-refractivity contribution in [2.45, 2.75) is 40.5 Å². The van der Waals surface area contributed by atoms with Crippen LogP contribution in [0.25, 0.3) is 184 Å². The molecule has 1 aliphatic carbocycles. The summed E-state index contributed by atoms with van der Waals surface area (Å²) in [6.45, 7) is 10.9. The summed E-state index contributed by atoms with van der Waals surface area (Å²) < 4.78 is 20.4. The first-order valence-corrected chi connectivity index (χ1v) is 47.3. The van der Waals surface area contributed by atoms with E-state index in [0.29, 0.717) is 0 Å². The van der Waals surface area contributed by atoms with Gasteiger partial charge in [0.1, 0.15) is 40.9 Å². The molecule has 9 heteroatoms. The first kappa shape index (κ1) is 86.7. The molecule has 660 valence electrons. The van der Waals surface area contributed by atoms with Crippen molar-refractivity contribution in [3.05, 3.63) is 506 Å². The first-order valence-electron chi connectivity index (χ1n) is 47.3. The molecular weight excluding hydrogens is 1660 g/mol. The van der Waals surface area contributed by atoms with Crippen molar-refractivity contribution in [2.24, 2.45) is 35.2 Å². The Kier molecular flexibility index (Phi) is 23.8. The zero-order chi connectivity index (χ0) is 93.3. The average molecular weight is 1770 g/mol. The van der Waals surface area contributed by atoms with Crippen molar-refractivity contribution in [1.82, 2.24) is 18.3 Å². The van der Waals surface area contributed by atoms with E-state index < -0.39 is 0 Å². The van der Waals surface area contributed by atoms with Gasteiger partial charge in [-0.1, -0.05) is 261 Å². The van der Waals surface area contributed by atoms with Crippen LogP contribution in [0, 0.1) is 34.6 Å². The third-order valence-electron chi connectivity index (χ3n) is 27.5. The summed E-state index contributed by atoms with van der Waals surface area (Å²) in [6, 6.07) is 152. The van der Waals surface area contributed by atoms with Crippen LogP contribution in [-0.2, 0) is 35.2 Å². The molecule has 0 saturated heterocycles. The maximum absolute atomic E-state index is 2.40. The van der Waals surface area contributed by atoms with Crippen molar-refractivity contribution in [3.8, 4) is 84.5 Å². The summed E-state index contributed by atoms with van der Waals surface area (Å²) in [5, 5.41) is 10.3. The smallest absolute Gasteiger partial charge is 0.236 e. The largest absolute Gasteiger partial charge is 0.316 e. The number of hydrogen-bond acceptors (Lipinski definition) is 0. The average Bonchev–Trinajstić information content (AvgIpc) is 1.63. The Hall–Kier alpha value is -17.0. The van der Waals surface area contributed by atoms with Crippen molar-refractivity contribution >= 4 is 99.5 Å². The molecule has 24 aromatic rings. The number of nitrogens with zero attached hydrogens (tertiary/aromatic N) is 9. The molecule has 0 atom stereocenters. The van der Waals surface area contributed by atoms with Crippen molar-refractivity contribution < 1.29 is 22.8 Å². The lowest BCUT2D eigenvalue weighted by Gasteiger charge is -2.19. The Bertz CT molecular complexity index is 8510. The highest BCUT2D eigenvalue weighted by molar-refractivity contribution is 6.13. The molecular formula is C128H108N9+5. The molecule has 25 rings (SSSR count).